The van der Waals surface area contributed by atoms with E-state index < -0.39 is 0 Å². The Bertz CT molecular complexity index is 1210. The number of methoxy groups -OCH3 is 1. The number of aromatic nitrogens is 1. The fraction of sp³-hybridized carbons (Fsp3) is 0.0435. The molecule has 0 saturated carbocycles. The summed E-state index contributed by atoms with van der Waals surface area (Å²) in [6.45, 7) is 0. The Morgan fingerprint density at radius 2 is 1.97 bits per heavy atom. The highest BCUT2D eigenvalue weighted by Gasteiger charge is 2.10. The third-order valence-electron chi connectivity index (χ3n) is 4.25. The summed E-state index contributed by atoms with van der Waals surface area (Å²) in [4.78, 5) is 16.7. The number of anilines is 1. The van der Waals surface area contributed by atoms with Crippen molar-refractivity contribution < 1.29 is 13.9 Å². The van der Waals surface area contributed by atoms with E-state index in [1.54, 1.807) is 43.5 Å². The van der Waals surface area contributed by atoms with E-state index in [2.05, 4.69) is 10.3 Å². The van der Waals surface area contributed by atoms with Gasteiger partial charge in [-0.05, 0) is 60.2 Å². The van der Waals surface area contributed by atoms with Gasteiger partial charge in [0, 0.05) is 22.3 Å². The summed E-state index contributed by atoms with van der Waals surface area (Å²) < 4.78 is 11.0. The molecule has 0 unspecified atom stereocenters. The quantitative estimate of drug-likeness (QED) is 0.426. The Labute approximate surface area is 172 Å². The van der Waals surface area contributed by atoms with Gasteiger partial charge in [0.1, 0.15) is 11.3 Å². The maximum Gasteiger partial charge on any atom is 0.248 e. The molecule has 0 aliphatic heterocycles. The molecule has 0 aliphatic rings. The van der Waals surface area contributed by atoms with Crippen molar-refractivity contribution in [3.63, 3.8) is 0 Å². The summed E-state index contributed by atoms with van der Waals surface area (Å²) in [5.74, 6) is 0.967. The molecule has 0 spiro atoms. The van der Waals surface area contributed by atoms with E-state index in [4.69, 9.17) is 20.8 Å². The van der Waals surface area contributed by atoms with Crippen molar-refractivity contribution in [2.75, 3.05) is 12.4 Å². The van der Waals surface area contributed by atoms with E-state index >= 15 is 0 Å². The van der Waals surface area contributed by atoms with Gasteiger partial charge in [-0.2, -0.15) is 0 Å². The number of fused-ring (bicyclic) bond motifs is 1. The molecule has 1 aromatic heterocycles. The summed E-state index contributed by atoms with van der Waals surface area (Å²) >= 11 is 6.04. The first-order valence-corrected chi connectivity index (χ1v) is 9.28. The molecular weight excluding hydrogens is 388 g/mol. The first kappa shape index (κ1) is 18.8. The molecule has 1 heterocycles. The molecule has 29 heavy (non-hydrogen) atoms. The first-order chi connectivity index (χ1) is 14.1. The van der Waals surface area contributed by atoms with Crippen molar-refractivity contribution in [1.29, 1.82) is 0 Å². The van der Waals surface area contributed by atoms with E-state index in [1.165, 1.54) is 6.08 Å². The van der Waals surface area contributed by atoms with Crippen LogP contribution < -0.4 is 10.1 Å². The van der Waals surface area contributed by atoms with Gasteiger partial charge in [0.25, 0.3) is 0 Å². The minimum Gasteiger partial charge on any atom is -0.497 e. The third-order valence-corrected chi connectivity index (χ3v) is 4.48. The lowest BCUT2D eigenvalue weighted by molar-refractivity contribution is -0.111. The van der Waals surface area contributed by atoms with Gasteiger partial charge in [-0.3, -0.25) is 4.79 Å². The molecule has 1 amide bonds. The average molecular weight is 405 g/mol. The largest absolute Gasteiger partial charge is 0.497 e. The zero-order valence-corrected chi connectivity index (χ0v) is 16.3. The second-order valence-electron chi connectivity index (χ2n) is 6.31. The fourth-order valence-electron chi connectivity index (χ4n) is 2.85. The Hall–Kier alpha value is -3.57. The summed E-state index contributed by atoms with van der Waals surface area (Å²) in [5, 5.41) is 3.44. The van der Waals surface area contributed by atoms with Crippen molar-refractivity contribution in [1.82, 2.24) is 4.98 Å². The smallest absolute Gasteiger partial charge is 0.248 e. The van der Waals surface area contributed by atoms with E-state index in [0.717, 1.165) is 16.9 Å². The maximum atomic E-state index is 12.3. The first-order valence-electron chi connectivity index (χ1n) is 8.90. The number of benzene rings is 3. The highest BCUT2D eigenvalue weighted by molar-refractivity contribution is 6.30. The molecule has 1 N–H and O–H groups in total. The second kappa shape index (κ2) is 8.20. The van der Waals surface area contributed by atoms with Crippen LogP contribution in [0.15, 0.2) is 77.2 Å². The zero-order valence-electron chi connectivity index (χ0n) is 15.6. The summed E-state index contributed by atoms with van der Waals surface area (Å²) in [7, 11) is 1.60. The highest BCUT2D eigenvalue weighted by Crippen LogP contribution is 2.27. The highest BCUT2D eigenvalue weighted by atomic mass is 35.5. The number of ether oxygens (including phenoxy) is 1. The summed E-state index contributed by atoms with van der Waals surface area (Å²) in [6, 6.07) is 20.1. The predicted octanol–water partition coefficient (Wildman–Crippen LogP) is 5.81. The number of oxazole rings is 1. The Morgan fingerprint density at radius 3 is 2.79 bits per heavy atom. The fourth-order valence-corrected chi connectivity index (χ4v) is 3.04. The van der Waals surface area contributed by atoms with Crippen LogP contribution in [0.3, 0.4) is 0 Å². The number of rotatable bonds is 5. The van der Waals surface area contributed by atoms with Crippen LogP contribution in [-0.4, -0.2) is 18.0 Å². The van der Waals surface area contributed by atoms with Crippen LogP contribution in [0.2, 0.25) is 5.02 Å². The molecule has 0 atom stereocenters. The number of carbonyl (C=O) groups is 1. The average Bonchev–Trinajstić information content (AvgIpc) is 3.16. The van der Waals surface area contributed by atoms with Crippen molar-refractivity contribution in [3.05, 3.63) is 83.4 Å². The third kappa shape index (κ3) is 4.47. The van der Waals surface area contributed by atoms with Crippen LogP contribution in [0.1, 0.15) is 5.56 Å². The molecular formula is C23H17ClN2O3. The van der Waals surface area contributed by atoms with Crippen LogP contribution in [0.5, 0.6) is 5.75 Å². The molecule has 4 rings (SSSR count). The Balaban J connectivity index is 1.50. The number of hydrogen-bond acceptors (Lipinski definition) is 4. The lowest BCUT2D eigenvalue weighted by Crippen LogP contribution is -2.07. The molecule has 0 radical (unpaired) electrons. The number of hydrogen-bond donors (Lipinski definition) is 1. The predicted molar refractivity (Wildman–Crippen MR) is 115 cm³/mol. The Morgan fingerprint density at radius 1 is 1.10 bits per heavy atom. The van der Waals surface area contributed by atoms with Gasteiger partial charge in [0.15, 0.2) is 5.58 Å². The number of halogens is 1. The molecule has 0 aliphatic carbocycles. The van der Waals surface area contributed by atoms with Gasteiger partial charge in [0.2, 0.25) is 11.8 Å². The minimum absolute atomic E-state index is 0.245. The van der Waals surface area contributed by atoms with Crippen LogP contribution >= 0.6 is 11.6 Å². The molecule has 0 fully saturated rings. The maximum absolute atomic E-state index is 12.3. The van der Waals surface area contributed by atoms with Crippen LogP contribution in [0, 0.1) is 0 Å². The molecule has 5 nitrogen and oxygen atoms in total. The second-order valence-corrected chi connectivity index (χ2v) is 6.75. The normalized spacial score (nSPS) is 11.1. The lowest BCUT2D eigenvalue weighted by Gasteiger charge is -2.02. The summed E-state index contributed by atoms with van der Waals surface area (Å²) in [6.07, 6.45) is 3.20. The van der Waals surface area contributed by atoms with Crippen LogP contribution in [0.25, 0.3) is 28.6 Å². The van der Waals surface area contributed by atoms with E-state index in [0.29, 0.717) is 27.7 Å². The molecule has 3 aromatic carbocycles. The number of carbonyl (C=O) groups excluding carboxylic acids is 1. The van der Waals surface area contributed by atoms with Crippen LogP contribution in [-0.2, 0) is 4.79 Å². The monoisotopic (exact) mass is 404 g/mol. The zero-order chi connectivity index (χ0) is 20.2. The summed E-state index contributed by atoms with van der Waals surface area (Å²) in [5.41, 5.74) is 3.57. The van der Waals surface area contributed by atoms with Crippen molar-refractivity contribution in [3.8, 4) is 17.2 Å². The topological polar surface area (TPSA) is 64.4 Å². The molecule has 144 valence electrons. The van der Waals surface area contributed by atoms with Gasteiger partial charge in [-0.25, -0.2) is 4.98 Å². The molecule has 0 bridgehead atoms. The van der Waals surface area contributed by atoms with E-state index in [1.807, 2.05) is 36.4 Å². The van der Waals surface area contributed by atoms with Crippen molar-refractivity contribution in [2.24, 2.45) is 0 Å². The van der Waals surface area contributed by atoms with Gasteiger partial charge in [-0.15, -0.1) is 0 Å². The molecule has 4 aromatic rings. The minimum atomic E-state index is -0.245. The van der Waals surface area contributed by atoms with Gasteiger partial charge < -0.3 is 14.5 Å². The number of nitrogens with zero attached hydrogens (tertiary/aromatic N) is 1. The van der Waals surface area contributed by atoms with Crippen molar-refractivity contribution >= 4 is 40.4 Å². The van der Waals surface area contributed by atoms with E-state index in [-0.39, 0.29) is 5.91 Å². The Kier molecular flexibility index (Phi) is 5.31. The number of amides is 1. The van der Waals surface area contributed by atoms with Crippen molar-refractivity contribution in [2.45, 2.75) is 0 Å². The SMILES string of the molecule is COc1cccc(/C=C/C(=O)Nc2ccc3oc(-c4cccc(Cl)c4)nc3c2)c1. The molecule has 6 heteroatoms. The van der Waals surface area contributed by atoms with Crippen LogP contribution in [0.4, 0.5) is 5.69 Å². The lowest BCUT2D eigenvalue weighted by atomic mass is 10.2. The van der Waals surface area contributed by atoms with Gasteiger partial charge >= 0.3 is 0 Å². The van der Waals surface area contributed by atoms with Gasteiger partial charge in [-0.1, -0.05) is 29.8 Å². The van der Waals surface area contributed by atoms with E-state index in [9.17, 15) is 4.79 Å². The number of nitrogens with one attached hydrogen (secondary N) is 1. The van der Waals surface area contributed by atoms with Gasteiger partial charge in [0.05, 0.1) is 7.11 Å². The standard InChI is InChI=1S/C23H17ClN2O3/c1-28-19-7-2-4-15(12-19)8-11-22(27)25-18-9-10-21-20(14-18)26-23(29-21)16-5-3-6-17(24)13-16/h2-14H,1H3,(H,25,27)/b11-8+. The molecule has 0 saturated heterocycles.